The van der Waals surface area contributed by atoms with Gasteiger partial charge in [-0.25, -0.2) is 0 Å². The van der Waals surface area contributed by atoms with Gasteiger partial charge in [0.15, 0.2) is 0 Å². The average Bonchev–Trinajstić information content (AvgIpc) is 2.62. The predicted molar refractivity (Wildman–Crippen MR) is 93.7 cm³/mol. The molecule has 0 spiro atoms. The SMILES string of the molecule is COc1ccc(CNC(=O)CNC(=O)CNC(=O)[C@@H](N)C(C)C)cc1. The van der Waals surface area contributed by atoms with Crippen LogP contribution in [0.1, 0.15) is 19.4 Å². The summed E-state index contributed by atoms with van der Waals surface area (Å²) >= 11 is 0. The van der Waals surface area contributed by atoms with Crippen molar-refractivity contribution in [1.82, 2.24) is 16.0 Å². The lowest BCUT2D eigenvalue weighted by Gasteiger charge is -2.15. The molecule has 0 saturated heterocycles. The van der Waals surface area contributed by atoms with Crippen LogP contribution in [0.2, 0.25) is 0 Å². The van der Waals surface area contributed by atoms with Crippen molar-refractivity contribution in [3.05, 3.63) is 29.8 Å². The minimum Gasteiger partial charge on any atom is -0.497 e. The summed E-state index contributed by atoms with van der Waals surface area (Å²) in [7, 11) is 1.58. The van der Waals surface area contributed by atoms with Gasteiger partial charge in [0.25, 0.3) is 0 Å². The third kappa shape index (κ3) is 7.67. The molecular weight excluding hydrogens is 324 g/mol. The Morgan fingerprint density at radius 3 is 2.12 bits per heavy atom. The van der Waals surface area contributed by atoms with Crippen LogP contribution in [0.4, 0.5) is 0 Å². The zero-order valence-corrected chi connectivity index (χ0v) is 14.8. The number of nitrogens with one attached hydrogen (secondary N) is 3. The quantitative estimate of drug-likeness (QED) is 0.479. The Hall–Kier alpha value is -2.61. The van der Waals surface area contributed by atoms with Crippen LogP contribution in [0, 0.1) is 5.92 Å². The first-order valence-electron chi connectivity index (χ1n) is 8.03. The minimum absolute atomic E-state index is 0.0215. The van der Waals surface area contributed by atoms with E-state index in [0.717, 1.165) is 11.3 Å². The molecule has 1 aromatic rings. The summed E-state index contributed by atoms with van der Waals surface area (Å²) in [5, 5.41) is 7.56. The van der Waals surface area contributed by atoms with Gasteiger partial charge in [-0.15, -0.1) is 0 Å². The number of carbonyl (C=O) groups excluding carboxylic acids is 3. The molecule has 0 fully saturated rings. The summed E-state index contributed by atoms with van der Waals surface area (Å²) in [6.45, 7) is 3.60. The second-order valence-electron chi connectivity index (χ2n) is 5.89. The molecular formula is C17H26N4O4. The van der Waals surface area contributed by atoms with Crippen LogP contribution in [-0.2, 0) is 20.9 Å². The van der Waals surface area contributed by atoms with Crippen molar-refractivity contribution in [1.29, 1.82) is 0 Å². The topological polar surface area (TPSA) is 123 Å². The van der Waals surface area contributed by atoms with Crippen molar-refractivity contribution in [2.24, 2.45) is 11.7 Å². The smallest absolute Gasteiger partial charge is 0.239 e. The number of benzene rings is 1. The van der Waals surface area contributed by atoms with E-state index in [4.69, 9.17) is 10.5 Å². The number of hydrogen-bond donors (Lipinski definition) is 4. The number of methoxy groups -OCH3 is 1. The molecule has 0 aliphatic rings. The van der Waals surface area contributed by atoms with E-state index in [1.807, 2.05) is 26.0 Å². The van der Waals surface area contributed by atoms with Gasteiger partial charge in [-0.1, -0.05) is 26.0 Å². The Kier molecular flexibility index (Phi) is 8.42. The van der Waals surface area contributed by atoms with E-state index in [1.54, 1.807) is 19.2 Å². The molecule has 5 N–H and O–H groups in total. The van der Waals surface area contributed by atoms with Gasteiger partial charge in [0, 0.05) is 6.54 Å². The Labute approximate surface area is 147 Å². The molecule has 1 atom stereocenters. The van der Waals surface area contributed by atoms with Crippen LogP contribution < -0.4 is 26.4 Å². The molecule has 25 heavy (non-hydrogen) atoms. The van der Waals surface area contributed by atoms with E-state index in [2.05, 4.69) is 16.0 Å². The molecule has 0 aliphatic heterocycles. The van der Waals surface area contributed by atoms with Crippen LogP contribution in [-0.4, -0.2) is 44.0 Å². The molecule has 8 nitrogen and oxygen atoms in total. The summed E-state index contributed by atoms with van der Waals surface area (Å²) in [6.07, 6.45) is 0. The van der Waals surface area contributed by atoms with Gasteiger partial charge in [0.2, 0.25) is 17.7 Å². The highest BCUT2D eigenvalue weighted by Crippen LogP contribution is 2.10. The van der Waals surface area contributed by atoms with Gasteiger partial charge < -0.3 is 26.4 Å². The molecule has 0 radical (unpaired) electrons. The Morgan fingerprint density at radius 1 is 1.00 bits per heavy atom. The maximum Gasteiger partial charge on any atom is 0.239 e. The number of carbonyl (C=O) groups is 3. The van der Waals surface area contributed by atoms with Gasteiger partial charge in [0.05, 0.1) is 26.2 Å². The maximum absolute atomic E-state index is 11.7. The number of nitrogens with two attached hydrogens (primary N) is 1. The van der Waals surface area contributed by atoms with Crippen LogP contribution in [0.15, 0.2) is 24.3 Å². The molecule has 0 unspecified atom stereocenters. The zero-order chi connectivity index (χ0) is 18.8. The van der Waals surface area contributed by atoms with E-state index in [0.29, 0.717) is 6.54 Å². The van der Waals surface area contributed by atoms with Crippen LogP contribution >= 0.6 is 0 Å². The molecule has 3 amide bonds. The number of rotatable bonds is 9. The van der Waals surface area contributed by atoms with Crippen LogP contribution in [0.5, 0.6) is 5.75 Å². The lowest BCUT2D eigenvalue weighted by molar-refractivity contribution is -0.128. The molecule has 0 saturated carbocycles. The third-order valence-corrected chi connectivity index (χ3v) is 3.54. The first-order valence-corrected chi connectivity index (χ1v) is 8.03. The third-order valence-electron chi connectivity index (χ3n) is 3.54. The molecule has 0 aliphatic carbocycles. The Morgan fingerprint density at radius 2 is 1.56 bits per heavy atom. The number of ether oxygens (including phenoxy) is 1. The summed E-state index contributed by atoms with van der Waals surface area (Å²) in [4.78, 5) is 35.0. The van der Waals surface area contributed by atoms with Crippen LogP contribution in [0.3, 0.4) is 0 Å². The molecule has 0 bridgehead atoms. The van der Waals surface area contributed by atoms with Gasteiger partial charge in [0.1, 0.15) is 5.75 Å². The second-order valence-corrected chi connectivity index (χ2v) is 5.89. The van der Waals surface area contributed by atoms with Gasteiger partial charge in [-0.2, -0.15) is 0 Å². The van der Waals surface area contributed by atoms with E-state index in [-0.39, 0.29) is 24.9 Å². The normalized spacial score (nSPS) is 11.6. The van der Waals surface area contributed by atoms with E-state index in [1.165, 1.54) is 0 Å². The molecule has 1 aromatic carbocycles. The molecule has 0 heterocycles. The largest absolute Gasteiger partial charge is 0.497 e. The predicted octanol–water partition coefficient (Wildman–Crippen LogP) is -0.473. The zero-order valence-electron chi connectivity index (χ0n) is 14.8. The molecule has 0 aromatic heterocycles. The van der Waals surface area contributed by atoms with E-state index < -0.39 is 17.9 Å². The monoisotopic (exact) mass is 350 g/mol. The molecule has 138 valence electrons. The van der Waals surface area contributed by atoms with Gasteiger partial charge >= 0.3 is 0 Å². The number of amides is 3. The minimum atomic E-state index is -0.666. The summed E-state index contributed by atoms with van der Waals surface area (Å²) < 4.78 is 5.05. The highest BCUT2D eigenvalue weighted by molar-refractivity contribution is 5.89. The highest BCUT2D eigenvalue weighted by Gasteiger charge is 2.17. The van der Waals surface area contributed by atoms with E-state index in [9.17, 15) is 14.4 Å². The maximum atomic E-state index is 11.7. The van der Waals surface area contributed by atoms with Gasteiger partial charge in [-0.3, -0.25) is 14.4 Å². The molecule has 1 rings (SSSR count). The summed E-state index contributed by atoms with van der Waals surface area (Å²) in [5.74, 6) is -0.458. The van der Waals surface area contributed by atoms with Crippen LogP contribution in [0.25, 0.3) is 0 Å². The van der Waals surface area contributed by atoms with E-state index >= 15 is 0 Å². The lowest BCUT2D eigenvalue weighted by atomic mass is 10.1. The average molecular weight is 350 g/mol. The summed E-state index contributed by atoms with van der Waals surface area (Å²) in [5.41, 5.74) is 6.58. The lowest BCUT2D eigenvalue weighted by Crippen LogP contribution is -2.48. The fraction of sp³-hybridized carbons (Fsp3) is 0.471. The first kappa shape index (κ1) is 20.4. The van der Waals surface area contributed by atoms with Crippen molar-refractivity contribution in [2.75, 3.05) is 20.2 Å². The van der Waals surface area contributed by atoms with Crippen molar-refractivity contribution in [2.45, 2.75) is 26.4 Å². The Balaban J connectivity index is 2.24. The summed E-state index contributed by atoms with van der Waals surface area (Å²) in [6, 6.07) is 6.61. The van der Waals surface area contributed by atoms with Crippen molar-refractivity contribution < 1.29 is 19.1 Å². The molecule has 8 heteroatoms. The van der Waals surface area contributed by atoms with Gasteiger partial charge in [-0.05, 0) is 23.6 Å². The first-order chi connectivity index (χ1) is 11.8. The standard InChI is InChI=1S/C17H26N4O4/c1-11(2)16(18)17(24)21-10-15(23)20-9-14(22)19-8-12-4-6-13(25-3)7-5-12/h4-7,11,16H,8-10,18H2,1-3H3,(H,19,22)(H,20,23)(H,21,24)/t16-/m0/s1. The fourth-order valence-corrected chi connectivity index (χ4v) is 1.84. The highest BCUT2D eigenvalue weighted by atomic mass is 16.5. The van der Waals surface area contributed by atoms with Crippen molar-refractivity contribution in [3.63, 3.8) is 0 Å². The second kappa shape index (κ2) is 10.3. The fourth-order valence-electron chi connectivity index (χ4n) is 1.84. The van der Waals surface area contributed by atoms with Crippen molar-refractivity contribution >= 4 is 17.7 Å². The Bertz CT molecular complexity index is 587. The number of hydrogen-bond acceptors (Lipinski definition) is 5. The van der Waals surface area contributed by atoms with Crippen molar-refractivity contribution in [3.8, 4) is 5.75 Å².